The number of carbonyl (C=O) groups excluding carboxylic acids is 1. The topological polar surface area (TPSA) is 83.7 Å². The Bertz CT molecular complexity index is 673. The van der Waals surface area contributed by atoms with Crippen LogP contribution in [-0.4, -0.2) is 32.5 Å². The van der Waals surface area contributed by atoms with Crippen molar-refractivity contribution in [3.63, 3.8) is 0 Å². The van der Waals surface area contributed by atoms with E-state index in [0.717, 1.165) is 0 Å². The van der Waals surface area contributed by atoms with Gasteiger partial charge in [-0.3, -0.25) is 14.0 Å². The van der Waals surface area contributed by atoms with Gasteiger partial charge in [0.05, 0.1) is 5.60 Å². The van der Waals surface area contributed by atoms with Crippen LogP contribution in [0.2, 0.25) is 0 Å². The molecule has 0 aliphatic heterocycles. The molecule has 108 valence electrons. The lowest BCUT2D eigenvalue weighted by Gasteiger charge is -2.25. The highest BCUT2D eigenvalue weighted by molar-refractivity contribution is 7.15. The minimum absolute atomic E-state index is 0.0181. The molecule has 2 N–H and O–H groups in total. The molecule has 2 heterocycles. The van der Waals surface area contributed by atoms with E-state index in [1.165, 1.54) is 21.9 Å². The van der Waals surface area contributed by atoms with Crippen molar-refractivity contribution in [1.82, 2.24) is 14.7 Å². The maximum absolute atomic E-state index is 12.1. The van der Waals surface area contributed by atoms with Gasteiger partial charge in [0.15, 0.2) is 4.96 Å². The average Bonchev–Trinajstić information content (AvgIpc) is 2.94. The predicted octanol–water partition coefficient (Wildman–Crippen LogP) is 1.04. The number of thiazole rings is 1. The summed E-state index contributed by atoms with van der Waals surface area (Å²) in [5.74, 6) is -0.511. The molecule has 0 aromatic carbocycles. The molecule has 0 atom stereocenters. The number of rotatable bonds is 5. The number of hydrogen-bond acceptors (Lipinski definition) is 5. The van der Waals surface area contributed by atoms with Crippen LogP contribution < -0.4 is 10.9 Å². The van der Waals surface area contributed by atoms with Crippen LogP contribution >= 0.6 is 11.3 Å². The van der Waals surface area contributed by atoms with Crippen molar-refractivity contribution in [3.05, 3.63) is 33.7 Å². The molecule has 0 unspecified atom stereocenters. The van der Waals surface area contributed by atoms with Gasteiger partial charge in [0.1, 0.15) is 5.56 Å². The third kappa shape index (κ3) is 2.73. The standard InChI is InChI=1S/C13H17N3O3S/c1-3-13(19,4-2)8-15-10(17)9-7-14-12-16(11(9)18)5-6-20-12/h5-7,19H,3-4,8H2,1-2H3,(H,15,17). The van der Waals surface area contributed by atoms with Gasteiger partial charge in [0, 0.05) is 24.3 Å². The molecule has 0 saturated carbocycles. The van der Waals surface area contributed by atoms with Crippen LogP contribution in [0, 0.1) is 0 Å². The molecule has 20 heavy (non-hydrogen) atoms. The second kappa shape index (κ2) is 5.72. The lowest BCUT2D eigenvalue weighted by molar-refractivity contribution is 0.0313. The Morgan fingerprint density at radius 3 is 2.85 bits per heavy atom. The Hall–Kier alpha value is -1.73. The third-order valence-electron chi connectivity index (χ3n) is 3.48. The summed E-state index contributed by atoms with van der Waals surface area (Å²) in [6, 6.07) is 0. The van der Waals surface area contributed by atoms with Gasteiger partial charge >= 0.3 is 0 Å². The Kier molecular flexibility index (Phi) is 4.20. The summed E-state index contributed by atoms with van der Waals surface area (Å²) in [6.07, 6.45) is 3.93. The molecular weight excluding hydrogens is 278 g/mol. The Morgan fingerprint density at radius 2 is 2.20 bits per heavy atom. The Morgan fingerprint density at radius 1 is 1.50 bits per heavy atom. The highest BCUT2D eigenvalue weighted by Gasteiger charge is 2.24. The monoisotopic (exact) mass is 295 g/mol. The molecule has 2 aromatic rings. The van der Waals surface area contributed by atoms with E-state index in [-0.39, 0.29) is 12.1 Å². The molecular formula is C13H17N3O3S. The summed E-state index contributed by atoms with van der Waals surface area (Å²) in [5.41, 5.74) is -1.35. The van der Waals surface area contributed by atoms with Gasteiger partial charge in [-0.25, -0.2) is 4.98 Å². The molecule has 6 nitrogen and oxygen atoms in total. The predicted molar refractivity (Wildman–Crippen MR) is 77.2 cm³/mol. The molecule has 0 fully saturated rings. The van der Waals surface area contributed by atoms with E-state index < -0.39 is 17.1 Å². The zero-order valence-corrected chi connectivity index (χ0v) is 12.2. The van der Waals surface area contributed by atoms with Crippen molar-refractivity contribution < 1.29 is 9.90 Å². The number of nitrogens with one attached hydrogen (secondary N) is 1. The molecule has 2 rings (SSSR count). The van der Waals surface area contributed by atoms with E-state index in [1.54, 1.807) is 11.6 Å². The first-order chi connectivity index (χ1) is 9.50. The first-order valence-corrected chi connectivity index (χ1v) is 7.34. The summed E-state index contributed by atoms with van der Waals surface area (Å²) in [6.45, 7) is 3.82. The smallest absolute Gasteiger partial charge is 0.271 e. The van der Waals surface area contributed by atoms with Crippen LogP contribution in [0.25, 0.3) is 4.96 Å². The summed E-state index contributed by atoms with van der Waals surface area (Å²) in [5, 5.41) is 14.5. The molecule has 2 aromatic heterocycles. The Balaban J connectivity index is 2.20. The quantitative estimate of drug-likeness (QED) is 0.863. The van der Waals surface area contributed by atoms with Gasteiger partial charge < -0.3 is 10.4 Å². The number of carbonyl (C=O) groups is 1. The van der Waals surface area contributed by atoms with Crippen molar-refractivity contribution in [1.29, 1.82) is 0 Å². The fourth-order valence-electron chi connectivity index (χ4n) is 1.82. The lowest BCUT2D eigenvalue weighted by Crippen LogP contribution is -2.43. The minimum Gasteiger partial charge on any atom is -0.388 e. The van der Waals surface area contributed by atoms with E-state index in [4.69, 9.17) is 0 Å². The molecule has 0 aliphatic rings. The van der Waals surface area contributed by atoms with Gasteiger partial charge in [-0.1, -0.05) is 13.8 Å². The molecule has 0 saturated heterocycles. The van der Waals surface area contributed by atoms with Crippen LogP contribution in [0.1, 0.15) is 37.0 Å². The van der Waals surface area contributed by atoms with Gasteiger partial charge in [-0.15, -0.1) is 11.3 Å². The van der Waals surface area contributed by atoms with E-state index in [9.17, 15) is 14.7 Å². The number of aromatic nitrogens is 2. The fourth-order valence-corrected chi connectivity index (χ4v) is 2.50. The summed E-state index contributed by atoms with van der Waals surface area (Å²) in [4.78, 5) is 28.8. The highest BCUT2D eigenvalue weighted by atomic mass is 32.1. The number of amides is 1. The molecule has 0 bridgehead atoms. The second-order valence-corrected chi connectivity index (χ2v) is 5.52. The van der Waals surface area contributed by atoms with Crippen LogP contribution in [0.4, 0.5) is 0 Å². The molecule has 0 spiro atoms. The second-order valence-electron chi connectivity index (χ2n) is 4.65. The average molecular weight is 295 g/mol. The van der Waals surface area contributed by atoms with Gasteiger partial charge in [0.25, 0.3) is 11.5 Å². The van der Waals surface area contributed by atoms with Crippen LogP contribution in [0.5, 0.6) is 0 Å². The summed E-state index contributed by atoms with van der Waals surface area (Å²) >= 11 is 1.33. The van der Waals surface area contributed by atoms with Crippen LogP contribution in [-0.2, 0) is 0 Å². The summed E-state index contributed by atoms with van der Waals surface area (Å²) in [7, 11) is 0. The van der Waals surface area contributed by atoms with Crippen molar-refractivity contribution in [2.45, 2.75) is 32.3 Å². The van der Waals surface area contributed by atoms with E-state index in [1.807, 2.05) is 13.8 Å². The molecule has 7 heteroatoms. The normalized spacial score (nSPS) is 11.8. The van der Waals surface area contributed by atoms with Gasteiger partial charge in [0.2, 0.25) is 0 Å². The minimum atomic E-state index is -0.939. The maximum Gasteiger partial charge on any atom is 0.271 e. The van der Waals surface area contributed by atoms with E-state index in [0.29, 0.717) is 17.8 Å². The van der Waals surface area contributed by atoms with Crippen LogP contribution in [0.3, 0.4) is 0 Å². The first kappa shape index (κ1) is 14.7. The maximum atomic E-state index is 12.1. The molecule has 1 amide bonds. The van der Waals surface area contributed by atoms with E-state index in [2.05, 4.69) is 10.3 Å². The first-order valence-electron chi connectivity index (χ1n) is 6.46. The van der Waals surface area contributed by atoms with Crippen LogP contribution in [0.15, 0.2) is 22.6 Å². The third-order valence-corrected chi connectivity index (χ3v) is 4.25. The number of nitrogens with zero attached hydrogens (tertiary/aromatic N) is 2. The SMILES string of the molecule is CCC(O)(CC)CNC(=O)c1cnc2sccn2c1=O. The van der Waals surface area contributed by atoms with Gasteiger partial charge in [-0.2, -0.15) is 0 Å². The highest BCUT2D eigenvalue weighted by Crippen LogP contribution is 2.13. The van der Waals surface area contributed by atoms with Crippen molar-refractivity contribution in [2.75, 3.05) is 6.54 Å². The number of fused-ring (bicyclic) bond motifs is 1. The zero-order valence-electron chi connectivity index (χ0n) is 11.4. The molecule has 0 radical (unpaired) electrons. The van der Waals surface area contributed by atoms with E-state index >= 15 is 0 Å². The zero-order chi connectivity index (χ0) is 14.8. The largest absolute Gasteiger partial charge is 0.388 e. The van der Waals surface area contributed by atoms with Crippen molar-refractivity contribution >= 4 is 22.2 Å². The summed E-state index contributed by atoms with van der Waals surface area (Å²) < 4.78 is 1.34. The fraction of sp³-hybridized carbons (Fsp3) is 0.462. The Labute approximate surface area is 120 Å². The number of hydrogen-bond donors (Lipinski definition) is 2. The van der Waals surface area contributed by atoms with Crippen molar-refractivity contribution in [2.24, 2.45) is 0 Å². The molecule has 0 aliphatic carbocycles. The lowest BCUT2D eigenvalue weighted by atomic mass is 9.97. The van der Waals surface area contributed by atoms with Crippen molar-refractivity contribution in [3.8, 4) is 0 Å². The van der Waals surface area contributed by atoms with Gasteiger partial charge in [-0.05, 0) is 12.8 Å². The number of aliphatic hydroxyl groups is 1.